The van der Waals surface area contributed by atoms with Gasteiger partial charge in [-0.3, -0.25) is 0 Å². The van der Waals surface area contributed by atoms with Crippen molar-refractivity contribution in [1.29, 1.82) is 0 Å². The molecule has 128 valence electrons. The number of carbonyl (C=O) groups excluding carboxylic acids is 2. The lowest BCUT2D eigenvalue weighted by Crippen LogP contribution is -2.42. The van der Waals surface area contributed by atoms with Crippen molar-refractivity contribution in [1.82, 2.24) is 0 Å². The van der Waals surface area contributed by atoms with Gasteiger partial charge in [-0.25, -0.2) is 9.59 Å². The molecule has 0 amide bonds. The first-order valence-corrected chi connectivity index (χ1v) is 7.35. The molecule has 0 aromatic heterocycles. The number of hydrogen-bond acceptors (Lipinski definition) is 4. The van der Waals surface area contributed by atoms with Gasteiger partial charge < -0.3 is 9.47 Å². The maximum absolute atomic E-state index is 12.9. The van der Waals surface area contributed by atoms with E-state index < -0.39 is 24.2 Å². The van der Waals surface area contributed by atoms with E-state index in [4.69, 9.17) is 0 Å². The molecule has 0 fully saturated rings. The second-order valence-corrected chi connectivity index (χ2v) is 4.92. The van der Waals surface area contributed by atoms with E-state index in [0.717, 1.165) is 19.3 Å². The number of alkyl halides is 3. The van der Waals surface area contributed by atoms with Gasteiger partial charge in [0.15, 0.2) is 0 Å². The molecular weight excluding hydrogens is 313 g/mol. The SMILES string of the molecule is CCCCCCOC(=O)C(OC(=O)c1ccccc1)C(F)(F)F. The quantitative estimate of drug-likeness (QED) is 0.535. The maximum Gasteiger partial charge on any atom is 0.436 e. The topological polar surface area (TPSA) is 52.6 Å². The van der Waals surface area contributed by atoms with Gasteiger partial charge in [0.2, 0.25) is 0 Å². The standard InChI is InChI=1S/C16H19F3O4/c1-2-3-4-8-11-22-15(21)13(16(17,18)19)23-14(20)12-9-6-5-7-10-12/h5-7,9-10,13H,2-4,8,11H2,1H3. The number of ether oxygens (including phenoxy) is 2. The number of unbranched alkanes of at least 4 members (excludes halogenated alkanes) is 3. The first-order chi connectivity index (χ1) is 10.9. The van der Waals surface area contributed by atoms with Crippen molar-refractivity contribution < 1.29 is 32.2 Å². The fourth-order valence-electron chi connectivity index (χ4n) is 1.78. The Balaban J connectivity index is 2.62. The predicted molar refractivity (Wildman–Crippen MR) is 76.8 cm³/mol. The first kappa shape index (κ1) is 19.0. The second kappa shape index (κ2) is 9.17. The number of benzene rings is 1. The molecule has 1 rings (SSSR count). The molecule has 0 saturated carbocycles. The van der Waals surface area contributed by atoms with Gasteiger partial charge in [-0.2, -0.15) is 13.2 Å². The number of rotatable bonds is 8. The molecule has 1 aromatic rings. The largest absolute Gasteiger partial charge is 0.463 e. The highest BCUT2D eigenvalue weighted by atomic mass is 19.4. The molecule has 4 nitrogen and oxygen atoms in total. The summed E-state index contributed by atoms with van der Waals surface area (Å²) in [5, 5.41) is 0. The Hall–Kier alpha value is -2.05. The van der Waals surface area contributed by atoms with Gasteiger partial charge in [-0.15, -0.1) is 0 Å². The average Bonchev–Trinajstić information content (AvgIpc) is 2.51. The minimum atomic E-state index is -5.02. The van der Waals surface area contributed by atoms with Gasteiger partial charge >= 0.3 is 18.1 Å². The van der Waals surface area contributed by atoms with Crippen LogP contribution in [0.25, 0.3) is 0 Å². The molecule has 23 heavy (non-hydrogen) atoms. The Morgan fingerprint density at radius 3 is 2.30 bits per heavy atom. The Morgan fingerprint density at radius 1 is 1.09 bits per heavy atom. The van der Waals surface area contributed by atoms with Crippen molar-refractivity contribution in [2.45, 2.75) is 44.9 Å². The van der Waals surface area contributed by atoms with Crippen LogP contribution in [0, 0.1) is 0 Å². The summed E-state index contributed by atoms with van der Waals surface area (Å²) in [6, 6.07) is 7.15. The van der Waals surface area contributed by atoms with Crippen LogP contribution in [0.1, 0.15) is 43.0 Å². The van der Waals surface area contributed by atoms with Gasteiger partial charge in [0.05, 0.1) is 12.2 Å². The summed E-state index contributed by atoms with van der Waals surface area (Å²) in [5.74, 6) is -2.82. The average molecular weight is 332 g/mol. The van der Waals surface area contributed by atoms with E-state index >= 15 is 0 Å². The summed E-state index contributed by atoms with van der Waals surface area (Å²) in [4.78, 5) is 23.3. The zero-order chi connectivity index (χ0) is 17.3. The van der Waals surface area contributed by atoms with Crippen molar-refractivity contribution in [2.75, 3.05) is 6.61 Å². The zero-order valence-corrected chi connectivity index (χ0v) is 12.8. The third-order valence-electron chi connectivity index (χ3n) is 2.99. The van der Waals surface area contributed by atoms with E-state index in [9.17, 15) is 22.8 Å². The van der Waals surface area contributed by atoms with Crippen LogP contribution < -0.4 is 0 Å². The van der Waals surface area contributed by atoms with Crippen molar-refractivity contribution in [3.05, 3.63) is 35.9 Å². The summed E-state index contributed by atoms with van der Waals surface area (Å²) in [6.45, 7) is 1.85. The van der Waals surface area contributed by atoms with E-state index in [1.165, 1.54) is 24.3 Å². The van der Waals surface area contributed by atoms with Gasteiger partial charge in [0, 0.05) is 0 Å². The van der Waals surface area contributed by atoms with E-state index in [0.29, 0.717) is 6.42 Å². The van der Waals surface area contributed by atoms with Crippen molar-refractivity contribution in [3.63, 3.8) is 0 Å². The lowest BCUT2D eigenvalue weighted by atomic mass is 10.2. The van der Waals surface area contributed by atoms with Crippen LogP contribution in [0.15, 0.2) is 30.3 Å². The van der Waals surface area contributed by atoms with Gasteiger partial charge in [0.25, 0.3) is 6.10 Å². The number of hydrogen-bond donors (Lipinski definition) is 0. The molecule has 7 heteroatoms. The van der Waals surface area contributed by atoms with Crippen molar-refractivity contribution >= 4 is 11.9 Å². The van der Waals surface area contributed by atoms with E-state index in [1.54, 1.807) is 6.07 Å². The maximum atomic E-state index is 12.9. The Kier molecular flexibility index (Phi) is 7.57. The summed E-state index contributed by atoms with van der Waals surface area (Å²) in [6.07, 6.45) is -4.86. The molecule has 0 aliphatic carbocycles. The molecular formula is C16H19F3O4. The highest BCUT2D eigenvalue weighted by Gasteiger charge is 2.49. The number of carbonyl (C=O) groups is 2. The molecule has 0 N–H and O–H groups in total. The molecule has 0 bridgehead atoms. The van der Waals surface area contributed by atoms with E-state index in [-0.39, 0.29) is 12.2 Å². The molecule has 0 radical (unpaired) electrons. The zero-order valence-electron chi connectivity index (χ0n) is 12.8. The second-order valence-electron chi connectivity index (χ2n) is 4.92. The Labute approximate surface area is 132 Å². The lowest BCUT2D eigenvalue weighted by Gasteiger charge is -2.19. The molecule has 0 aliphatic rings. The summed E-state index contributed by atoms with van der Waals surface area (Å²) in [5.41, 5.74) is -0.0718. The van der Waals surface area contributed by atoms with E-state index in [1.807, 2.05) is 6.92 Å². The van der Waals surface area contributed by atoms with E-state index in [2.05, 4.69) is 9.47 Å². The molecule has 0 heterocycles. The Bertz CT molecular complexity index is 500. The third kappa shape index (κ3) is 6.71. The highest BCUT2D eigenvalue weighted by Crippen LogP contribution is 2.25. The normalized spacial score (nSPS) is 12.5. The molecule has 0 aliphatic heterocycles. The Morgan fingerprint density at radius 2 is 1.74 bits per heavy atom. The monoisotopic (exact) mass is 332 g/mol. The van der Waals surface area contributed by atoms with Gasteiger partial charge in [-0.1, -0.05) is 44.4 Å². The fraction of sp³-hybridized carbons (Fsp3) is 0.500. The number of esters is 2. The summed E-state index contributed by atoms with van der Waals surface area (Å²) in [7, 11) is 0. The van der Waals surface area contributed by atoms with Gasteiger partial charge in [0.1, 0.15) is 0 Å². The molecule has 1 aromatic carbocycles. The van der Waals surface area contributed by atoms with Crippen LogP contribution in [0.3, 0.4) is 0 Å². The van der Waals surface area contributed by atoms with Crippen LogP contribution >= 0.6 is 0 Å². The van der Waals surface area contributed by atoms with Crippen LogP contribution in [0.4, 0.5) is 13.2 Å². The molecule has 0 saturated heterocycles. The highest BCUT2D eigenvalue weighted by molar-refractivity contribution is 5.91. The van der Waals surface area contributed by atoms with Crippen LogP contribution in [-0.4, -0.2) is 30.8 Å². The first-order valence-electron chi connectivity index (χ1n) is 7.35. The summed E-state index contributed by atoms with van der Waals surface area (Å²) >= 11 is 0. The van der Waals surface area contributed by atoms with Crippen molar-refractivity contribution in [2.24, 2.45) is 0 Å². The molecule has 1 unspecified atom stereocenters. The minimum absolute atomic E-state index is 0.0718. The lowest BCUT2D eigenvalue weighted by molar-refractivity contribution is -0.218. The molecule has 1 atom stereocenters. The van der Waals surface area contributed by atoms with Crippen LogP contribution in [0.2, 0.25) is 0 Å². The van der Waals surface area contributed by atoms with Crippen molar-refractivity contribution in [3.8, 4) is 0 Å². The van der Waals surface area contributed by atoms with Crippen LogP contribution in [-0.2, 0) is 14.3 Å². The summed E-state index contributed by atoms with van der Waals surface area (Å²) < 4.78 is 47.6. The molecule has 0 spiro atoms. The third-order valence-corrected chi connectivity index (χ3v) is 2.99. The smallest absolute Gasteiger partial charge is 0.436 e. The van der Waals surface area contributed by atoms with Crippen LogP contribution in [0.5, 0.6) is 0 Å². The van der Waals surface area contributed by atoms with Gasteiger partial charge in [-0.05, 0) is 18.6 Å². The fourth-order valence-corrected chi connectivity index (χ4v) is 1.78. The minimum Gasteiger partial charge on any atom is -0.463 e. The predicted octanol–water partition coefficient (Wildman–Crippen LogP) is 3.90. The number of halogens is 3.